The first-order valence-electron chi connectivity index (χ1n) is 4.92. The van der Waals surface area contributed by atoms with Gasteiger partial charge >= 0.3 is 0 Å². The minimum absolute atomic E-state index is 0.347. The molecule has 1 rings (SSSR count). The molecule has 0 saturated carbocycles. The SMILES string of the molecule is CCP(CC)NS(=O)(=O)c1ccccc1. The molecular weight excluding hydrogens is 229 g/mol. The molecule has 3 nitrogen and oxygen atoms in total. The Labute approximate surface area is 92.8 Å². The molecule has 0 aliphatic carbocycles. The van der Waals surface area contributed by atoms with Gasteiger partial charge in [0, 0.05) is 0 Å². The lowest BCUT2D eigenvalue weighted by Gasteiger charge is -2.14. The molecule has 0 fully saturated rings. The lowest BCUT2D eigenvalue weighted by Crippen LogP contribution is -2.20. The van der Waals surface area contributed by atoms with E-state index in [9.17, 15) is 8.42 Å². The maximum atomic E-state index is 11.9. The molecule has 0 amide bonds. The van der Waals surface area contributed by atoms with E-state index in [0.29, 0.717) is 4.90 Å². The fourth-order valence-corrected chi connectivity index (χ4v) is 4.95. The molecule has 5 heteroatoms. The number of hydrogen-bond acceptors (Lipinski definition) is 2. The number of rotatable bonds is 5. The van der Waals surface area contributed by atoms with Gasteiger partial charge in [-0.15, -0.1) is 0 Å². The van der Waals surface area contributed by atoms with Crippen molar-refractivity contribution >= 4 is 18.1 Å². The van der Waals surface area contributed by atoms with Gasteiger partial charge in [-0.3, -0.25) is 0 Å². The Morgan fingerprint density at radius 1 is 1.13 bits per heavy atom. The molecule has 0 bridgehead atoms. The van der Waals surface area contributed by atoms with Crippen molar-refractivity contribution in [2.24, 2.45) is 0 Å². The lowest BCUT2D eigenvalue weighted by atomic mass is 10.4. The Morgan fingerprint density at radius 3 is 2.13 bits per heavy atom. The first kappa shape index (κ1) is 12.6. The summed E-state index contributed by atoms with van der Waals surface area (Å²) in [4.78, 5) is 0.347. The summed E-state index contributed by atoms with van der Waals surface area (Å²) < 4.78 is 26.5. The molecule has 1 aromatic rings. The fraction of sp³-hybridized carbons (Fsp3) is 0.400. The van der Waals surface area contributed by atoms with Crippen LogP contribution in [0.5, 0.6) is 0 Å². The molecule has 0 aliphatic heterocycles. The van der Waals surface area contributed by atoms with E-state index in [2.05, 4.69) is 4.49 Å². The van der Waals surface area contributed by atoms with Gasteiger partial charge in [-0.1, -0.05) is 32.0 Å². The Hall–Kier alpha value is -0.440. The van der Waals surface area contributed by atoms with Crippen LogP contribution in [-0.4, -0.2) is 20.7 Å². The van der Waals surface area contributed by atoms with Crippen LogP contribution in [0.25, 0.3) is 0 Å². The average Bonchev–Trinajstić information content (AvgIpc) is 2.27. The van der Waals surface area contributed by atoms with Gasteiger partial charge in [-0.05, 0) is 32.5 Å². The van der Waals surface area contributed by atoms with Crippen molar-refractivity contribution in [2.75, 3.05) is 12.3 Å². The normalized spacial score (nSPS) is 11.9. The minimum atomic E-state index is -3.30. The van der Waals surface area contributed by atoms with Crippen LogP contribution in [-0.2, 0) is 10.0 Å². The molecule has 0 spiro atoms. The minimum Gasteiger partial charge on any atom is -0.207 e. The highest BCUT2D eigenvalue weighted by atomic mass is 32.2. The maximum absolute atomic E-state index is 11.9. The summed E-state index contributed by atoms with van der Waals surface area (Å²) in [6.45, 7) is 4.01. The van der Waals surface area contributed by atoms with Gasteiger partial charge in [0.15, 0.2) is 0 Å². The Kier molecular flexibility index (Phi) is 4.71. The Balaban J connectivity index is 2.85. The monoisotopic (exact) mass is 245 g/mol. The molecule has 0 radical (unpaired) electrons. The largest absolute Gasteiger partial charge is 0.243 e. The van der Waals surface area contributed by atoms with E-state index in [1.807, 2.05) is 19.9 Å². The van der Waals surface area contributed by atoms with Crippen LogP contribution in [0.15, 0.2) is 35.2 Å². The lowest BCUT2D eigenvalue weighted by molar-refractivity contribution is 0.594. The van der Waals surface area contributed by atoms with Gasteiger partial charge < -0.3 is 0 Å². The number of benzene rings is 1. The predicted molar refractivity (Wildman–Crippen MR) is 64.8 cm³/mol. The highest BCUT2D eigenvalue weighted by molar-refractivity contribution is 7.95. The van der Waals surface area contributed by atoms with E-state index < -0.39 is 18.1 Å². The van der Waals surface area contributed by atoms with E-state index in [4.69, 9.17) is 0 Å². The van der Waals surface area contributed by atoms with Crippen LogP contribution in [0.3, 0.4) is 0 Å². The van der Waals surface area contributed by atoms with Gasteiger partial charge in [-0.2, -0.15) is 4.49 Å². The number of sulfonamides is 1. The highest BCUT2D eigenvalue weighted by Gasteiger charge is 2.16. The second-order valence-electron chi connectivity index (χ2n) is 3.08. The summed E-state index contributed by atoms with van der Waals surface area (Å²) in [7, 11) is -3.91. The second-order valence-corrected chi connectivity index (χ2v) is 7.63. The first-order valence-corrected chi connectivity index (χ1v) is 8.12. The van der Waals surface area contributed by atoms with Crippen LogP contribution in [0.2, 0.25) is 0 Å². The zero-order chi connectivity index (χ0) is 11.3. The molecule has 0 atom stereocenters. The maximum Gasteiger partial charge on any atom is 0.243 e. The van der Waals surface area contributed by atoms with E-state index >= 15 is 0 Å². The van der Waals surface area contributed by atoms with Crippen LogP contribution >= 0.6 is 8.07 Å². The smallest absolute Gasteiger partial charge is 0.207 e. The van der Waals surface area contributed by atoms with Crippen molar-refractivity contribution < 1.29 is 8.42 Å². The summed E-state index contributed by atoms with van der Waals surface area (Å²) in [6.07, 6.45) is 1.75. The zero-order valence-electron chi connectivity index (χ0n) is 8.97. The van der Waals surface area contributed by atoms with Gasteiger partial charge in [0.1, 0.15) is 0 Å². The number of hydrogen-bond donors (Lipinski definition) is 1. The van der Waals surface area contributed by atoms with Gasteiger partial charge in [0.25, 0.3) is 0 Å². The molecule has 15 heavy (non-hydrogen) atoms. The quantitative estimate of drug-likeness (QED) is 0.810. The van der Waals surface area contributed by atoms with Crippen LogP contribution in [0.4, 0.5) is 0 Å². The van der Waals surface area contributed by atoms with E-state index in [-0.39, 0.29) is 0 Å². The average molecular weight is 245 g/mol. The third kappa shape index (κ3) is 3.56. The molecule has 0 aromatic heterocycles. The molecule has 1 N–H and O–H groups in total. The zero-order valence-corrected chi connectivity index (χ0v) is 10.7. The molecule has 0 aliphatic rings. The van der Waals surface area contributed by atoms with E-state index in [1.54, 1.807) is 24.3 Å². The predicted octanol–water partition coefficient (Wildman–Crippen LogP) is 2.40. The highest BCUT2D eigenvalue weighted by Crippen LogP contribution is 2.31. The van der Waals surface area contributed by atoms with Gasteiger partial charge in [0.2, 0.25) is 10.0 Å². The second kappa shape index (κ2) is 5.59. The van der Waals surface area contributed by atoms with Gasteiger partial charge in [-0.25, -0.2) is 8.42 Å². The fourth-order valence-electron chi connectivity index (χ4n) is 1.18. The Bertz CT molecular complexity index is 387. The van der Waals surface area contributed by atoms with Crippen molar-refractivity contribution in [1.82, 2.24) is 4.49 Å². The Morgan fingerprint density at radius 2 is 1.67 bits per heavy atom. The van der Waals surface area contributed by atoms with Crippen LogP contribution in [0.1, 0.15) is 13.8 Å². The van der Waals surface area contributed by atoms with Crippen LogP contribution in [0, 0.1) is 0 Å². The first-order chi connectivity index (χ1) is 7.10. The van der Waals surface area contributed by atoms with Crippen molar-refractivity contribution in [1.29, 1.82) is 0 Å². The summed E-state index contributed by atoms with van der Waals surface area (Å²) in [5.74, 6) is 0. The third-order valence-electron chi connectivity index (χ3n) is 2.07. The van der Waals surface area contributed by atoms with E-state index in [0.717, 1.165) is 12.3 Å². The number of nitrogens with one attached hydrogen (secondary N) is 1. The van der Waals surface area contributed by atoms with E-state index in [1.165, 1.54) is 0 Å². The summed E-state index contributed by atoms with van der Waals surface area (Å²) >= 11 is 0. The standard InChI is InChI=1S/C10H16NO2PS/c1-3-14(4-2)11-15(12,13)10-8-6-5-7-9-10/h5-9,11H,3-4H2,1-2H3. The molecular formula is C10H16NO2PS. The van der Waals surface area contributed by atoms with Crippen LogP contribution < -0.4 is 4.49 Å². The molecule has 1 aromatic carbocycles. The molecule has 0 unspecified atom stereocenters. The molecule has 0 heterocycles. The van der Waals surface area contributed by atoms with Crippen molar-refractivity contribution in [3.63, 3.8) is 0 Å². The summed E-state index contributed by atoms with van der Waals surface area (Å²) in [5, 5.41) is 0. The molecule has 0 saturated heterocycles. The van der Waals surface area contributed by atoms with Crippen molar-refractivity contribution in [2.45, 2.75) is 18.7 Å². The molecule has 84 valence electrons. The topological polar surface area (TPSA) is 46.2 Å². The van der Waals surface area contributed by atoms with Gasteiger partial charge in [0.05, 0.1) is 4.90 Å². The summed E-state index contributed by atoms with van der Waals surface area (Å²) in [5.41, 5.74) is 0. The van der Waals surface area contributed by atoms with Crippen molar-refractivity contribution in [3.05, 3.63) is 30.3 Å². The van der Waals surface area contributed by atoms with Crippen molar-refractivity contribution in [3.8, 4) is 0 Å². The summed E-state index contributed by atoms with van der Waals surface area (Å²) in [6, 6.07) is 8.49. The third-order valence-corrected chi connectivity index (χ3v) is 6.48.